The number of nitrogens with one attached hydrogen (secondary N) is 1. The van der Waals surface area contributed by atoms with Crippen molar-refractivity contribution in [1.29, 1.82) is 0 Å². The van der Waals surface area contributed by atoms with E-state index in [1.165, 1.54) is 37.7 Å². The van der Waals surface area contributed by atoms with Crippen molar-refractivity contribution in [2.75, 3.05) is 11.9 Å². The van der Waals surface area contributed by atoms with Gasteiger partial charge in [0.25, 0.3) is 5.91 Å². The molecule has 1 aromatic heterocycles. The minimum Gasteiger partial charge on any atom is -0.484 e. The molecule has 0 spiro atoms. The van der Waals surface area contributed by atoms with Gasteiger partial charge in [-0.1, -0.05) is 73.9 Å². The average molecular weight is 503 g/mol. The number of carbonyl (C=O) groups excluding carboxylic acids is 1. The highest BCUT2D eigenvalue weighted by molar-refractivity contribution is 5.94. The molecular weight excluding hydrogens is 472 g/mol. The number of anilines is 1. The predicted molar refractivity (Wildman–Crippen MR) is 151 cm³/mol. The molecule has 190 valence electrons. The number of nitrogens with zero attached hydrogens (tertiary/aromatic N) is 1. The van der Waals surface area contributed by atoms with E-state index >= 15 is 0 Å². The first-order valence-corrected chi connectivity index (χ1v) is 13.3. The number of ether oxygens (including phenoxy) is 1. The van der Waals surface area contributed by atoms with E-state index in [1.807, 2.05) is 60.7 Å². The Morgan fingerprint density at radius 1 is 0.816 bits per heavy atom. The van der Waals surface area contributed by atoms with Crippen LogP contribution < -0.4 is 10.1 Å². The number of fused-ring (bicyclic) bond motifs is 1. The van der Waals surface area contributed by atoms with Crippen molar-refractivity contribution in [3.8, 4) is 28.3 Å². The van der Waals surface area contributed by atoms with Crippen LogP contribution in [-0.4, -0.2) is 17.5 Å². The molecule has 38 heavy (non-hydrogen) atoms. The van der Waals surface area contributed by atoms with E-state index in [0.29, 0.717) is 34.3 Å². The number of aromatic nitrogens is 1. The third kappa shape index (κ3) is 5.47. The molecule has 5 nitrogen and oxygen atoms in total. The fraction of sp³-hybridized carbons (Fsp3) is 0.212. The Bertz CT molecular complexity index is 1520. The van der Waals surface area contributed by atoms with Crippen LogP contribution in [0.15, 0.2) is 101 Å². The topological polar surface area (TPSA) is 64.4 Å². The van der Waals surface area contributed by atoms with Crippen molar-refractivity contribution in [3.05, 3.63) is 103 Å². The Kier molecular flexibility index (Phi) is 6.90. The van der Waals surface area contributed by atoms with Gasteiger partial charge < -0.3 is 14.5 Å². The molecule has 1 aliphatic carbocycles. The first kappa shape index (κ1) is 24.0. The van der Waals surface area contributed by atoms with E-state index in [1.54, 1.807) is 0 Å². The van der Waals surface area contributed by atoms with Crippen LogP contribution in [0.5, 0.6) is 5.75 Å². The lowest BCUT2D eigenvalue weighted by Gasteiger charge is -2.22. The summed E-state index contributed by atoms with van der Waals surface area (Å²) in [6.45, 7) is -0.0569. The monoisotopic (exact) mass is 502 g/mol. The van der Waals surface area contributed by atoms with Crippen molar-refractivity contribution < 1.29 is 13.9 Å². The summed E-state index contributed by atoms with van der Waals surface area (Å²) in [6, 6.07) is 32.0. The van der Waals surface area contributed by atoms with Gasteiger partial charge in [0.05, 0.1) is 0 Å². The maximum Gasteiger partial charge on any atom is 0.262 e. The zero-order chi connectivity index (χ0) is 25.7. The lowest BCUT2D eigenvalue weighted by atomic mass is 9.84. The number of rotatable bonds is 7. The third-order valence-corrected chi connectivity index (χ3v) is 7.24. The molecule has 1 fully saturated rings. The summed E-state index contributed by atoms with van der Waals surface area (Å²) in [6.07, 6.45) is 6.50. The van der Waals surface area contributed by atoms with Crippen molar-refractivity contribution >= 4 is 22.7 Å². The summed E-state index contributed by atoms with van der Waals surface area (Å²) in [5.41, 5.74) is 6.57. The molecule has 1 heterocycles. The highest BCUT2D eigenvalue weighted by Crippen LogP contribution is 2.33. The van der Waals surface area contributed by atoms with E-state index in [2.05, 4.69) is 46.7 Å². The first-order chi connectivity index (χ1) is 18.7. The van der Waals surface area contributed by atoms with Gasteiger partial charge in [0.2, 0.25) is 5.89 Å². The van der Waals surface area contributed by atoms with E-state index in [4.69, 9.17) is 9.15 Å². The number of benzene rings is 4. The van der Waals surface area contributed by atoms with Crippen molar-refractivity contribution in [3.63, 3.8) is 0 Å². The van der Waals surface area contributed by atoms with E-state index in [0.717, 1.165) is 16.7 Å². The molecule has 0 aliphatic heterocycles. The van der Waals surface area contributed by atoms with E-state index in [9.17, 15) is 4.79 Å². The zero-order valence-corrected chi connectivity index (χ0v) is 21.2. The summed E-state index contributed by atoms with van der Waals surface area (Å²) in [5.74, 6) is 1.68. The molecule has 1 N–H and O–H groups in total. The fourth-order valence-corrected chi connectivity index (χ4v) is 5.18. The van der Waals surface area contributed by atoms with Crippen molar-refractivity contribution in [2.45, 2.75) is 38.0 Å². The lowest BCUT2D eigenvalue weighted by molar-refractivity contribution is -0.118. The Morgan fingerprint density at radius 2 is 1.53 bits per heavy atom. The van der Waals surface area contributed by atoms with Crippen LogP contribution in [0, 0.1) is 0 Å². The SMILES string of the molecule is O=C(COc1ccc(C2CCCCC2)cc1)Nc1ccc2oc(-c3ccc(-c4ccccc4)cc3)nc2c1. The van der Waals surface area contributed by atoms with E-state index < -0.39 is 0 Å². The molecule has 5 aromatic rings. The lowest BCUT2D eigenvalue weighted by Crippen LogP contribution is -2.20. The van der Waals surface area contributed by atoms with Gasteiger partial charge in [-0.3, -0.25) is 4.79 Å². The maximum absolute atomic E-state index is 12.5. The molecule has 0 radical (unpaired) electrons. The van der Waals surface area contributed by atoms with Gasteiger partial charge in [0, 0.05) is 11.3 Å². The Labute approximate surface area is 222 Å². The second kappa shape index (κ2) is 10.9. The van der Waals surface area contributed by atoms with Crippen LogP contribution in [0.25, 0.3) is 33.7 Å². The number of amides is 1. The Balaban J connectivity index is 1.07. The van der Waals surface area contributed by atoms with Crippen LogP contribution in [0.2, 0.25) is 0 Å². The van der Waals surface area contributed by atoms with Gasteiger partial charge in [0.1, 0.15) is 11.3 Å². The van der Waals surface area contributed by atoms with Crippen LogP contribution in [-0.2, 0) is 4.79 Å². The minimum atomic E-state index is -0.221. The smallest absolute Gasteiger partial charge is 0.262 e. The molecule has 4 aromatic carbocycles. The number of hydrogen-bond acceptors (Lipinski definition) is 4. The largest absolute Gasteiger partial charge is 0.484 e. The molecule has 1 amide bonds. The molecule has 1 saturated carbocycles. The highest BCUT2D eigenvalue weighted by Gasteiger charge is 2.15. The van der Waals surface area contributed by atoms with Gasteiger partial charge in [-0.25, -0.2) is 4.98 Å². The van der Waals surface area contributed by atoms with Gasteiger partial charge in [-0.15, -0.1) is 0 Å². The highest BCUT2D eigenvalue weighted by atomic mass is 16.5. The third-order valence-electron chi connectivity index (χ3n) is 7.24. The van der Waals surface area contributed by atoms with Crippen LogP contribution in [0.4, 0.5) is 5.69 Å². The minimum absolute atomic E-state index is 0.0569. The van der Waals surface area contributed by atoms with Gasteiger partial charge >= 0.3 is 0 Å². The van der Waals surface area contributed by atoms with E-state index in [-0.39, 0.29) is 12.5 Å². The summed E-state index contributed by atoms with van der Waals surface area (Å²) >= 11 is 0. The Morgan fingerprint density at radius 3 is 2.29 bits per heavy atom. The quantitative estimate of drug-likeness (QED) is 0.243. The zero-order valence-electron chi connectivity index (χ0n) is 21.2. The predicted octanol–water partition coefficient (Wildman–Crippen LogP) is 8.23. The van der Waals surface area contributed by atoms with Crippen LogP contribution in [0.1, 0.15) is 43.6 Å². The summed E-state index contributed by atoms with van der Waals surface area (Å²) in [5, 5.41) is 2.90. The van der Waals surface area contributed by atoms with Gasteiger partial charge in [0.15, 0.2) is 12.2 Å². The van der Waals surface area contributed by atoms with Gasteiger partial charge in [-0.2, -0.15) is 0 Å². The molecule has 0 saturated heterocycles. The molecule has 0 bridgehead atoms. The number of hydrogen-bond donors (Lipinski definition) is 1. The molecular formula is C33H30N2O3. The standard InChI is InChI=1S/C33H30N2O3/c36-32(22-37-29-18-15-26(16-19-29)24-9-5-2-6-10-24)34-28-17-20-31-30(21-28)35-33(38-31)27-13-11-25(12-14-27)23-7-3-1-4-8-23/h1,3-4,7-8,11-21,24H,2,5-6,9-10,22H2,(H,34,36). The van der Waals surface area contributed by atoms with Crippen molar-refractivity contribution in [1.82, 2.24) is 4.98 Å². The molecule has 0 atom stereocenters. The summed E-state index contributed by atoms with van der Waals surface area (Å²) in [7, 11) is 0. The second-order valence-electron chi connectivity index (χ2n) is 9.89. The first-order valence-electron chi connectivity index (χ1n) is 13.3. The van der Waals surface area contributed by atoms with Gasteiger partial charge in [-0.05, 0) is 77.9 Å². The molecule has 5 heteroatoms. The fourth-order valence-electron chi connectivity index (χ4n) is 5.18. The normalized spacial score (nSPS) is 13.9. The average Bonchev–Trinajstić information content (AvgIpc) is 3.41. The molecule has 6 rings (SSSR count). The molecule has 1 aliphatic rings. The second-order valence-corrected chi connectivity index (χ2v) is 9.89. The van der Waals surface area contributed by atoms with Crippen LogP contribution >= 0.6 is 0 Å². The maximum atomic E-state index is 12.5. The van der Waals surface area contributed by atoms with Crippen molar-refractivity contribution in [2.24, 2.45) is 0 Å². The Hall–Kier alpha value is -4.38. The number of carbonyl (C=O) groups is 1. The summed E-state index contributed by atoms with van der Waals surface area (Å²) < 4.78 is 11.7. The number of oxazole rings is 1. The molecule has 0 unspecified atom stereocenters. The summed E-state index contributed by atoms with van der Waals surface area (Å²) in [4.78, 5) is 17.2. The van der Waals surface area contributed by atoms with Crippen LogP contribution in [0.3, 0.4) is 0 Å².